The molecule has 2 aromatic rings. The molecule has 1 saturated heterocycles. The maximum absolute atomic E-state index is 12.2. The first-order valence-electron chi connectivity index (χ1n) is 7.95. The van der Waals surface area contributed by atoms with E-state index in [-0.39, 0.29) is 12.1 Å². The molecule has 0 saturated carbocycles. The van der Waals surface area contributed by atoms with Gasteiger partial charge in [-0.1, -0.05) is 6.07 Å². The van der Waals surface area contributed by atoms with Gasteiger partial charge >= 0.3 is 6.03 Å². The number of hydrogen-bond donors (Lipinski definition) is 2. The lowest BCUT2D eigenvalue weighted by Gasteiger charge is -2.33. The molecule has 124 valence electrons. The largest absolute Gasteiger partial charge is 0.367 e. The molecule has 1 aliphatic rings. The van der Waals surface area contributed by atoms with Gasteiger partial charge in [-0.3, -0.25) is 4.68 Å². The van der Waals surface area contributed by atoms with Gasteiger partial charge in [0, 0.05) is 38.1 Å². The maximum atomic E-state index is 12.2. The van der Waals surface area contributed by atoms with Crippen LogP contribution >= 0.6 is 0 Å². The van der Waals surface area contributed by atoms with E-state index in [0.717, 1.165) is 31.6 Å². The lowest BCUT2D eigenvalue weighted by molar-refractivity contribution is 0.246. The summed E-state index contributed by atoms with van der Waals surface area (Å²) in [4.78, 5) is 14.4. The Hall–Kier alpha value is -3.01. The molecule has 7 nitrogen and oxygen atoms in total. The van der Waals surface area contributed by atoms with E-state index in [4.69, 9.17) is 5.26 Å². The molecule has 1 atom stereocenters. The van der Waals surface area contributed by atoms with Gasteiger partial charge in [0.2, 0.25) is 0 Å². The standard InChI is InChI=1S/C17H20N6O/c1-22-12-16(10-19-22)23-7-3-6-15(11-23)21-17(24)20-14-5-2-4-13(8-14)9-18/h2,4-5,8,10,12,15H,3,6-7,11H2,1H3,(H2,20,21,24). The molecular weight excluding hydrogens is 304 g/mol. The van der Waals surface area contributed by atoms with Crippen LogP contribution in [-0.4, -0.2) is 34.9 Å². The Kier molecular flexibility index (Phi) is 4.66. The number of aromatic nitrogens is 2. The topological polar surface area (TPSA) is 86.0 Å². The second-order valence-corrected chi connectivity index (χ2v) is 5.95. The van der Waals surface area contributed by atoms with Crippen molar-refractivity contribution in [2.75, 3.05) is 23.3 Å². The minimum Gasteiger partial charge on any atom is -0.367 e. The predicted molar refractivity (Wildman–Crippen MR) is 91.8 cm³/mol. The maximum Gasteiger partial charge on any atom is 0.319 e. The highest BCUT2D eigenvalue weighted by atomic mass is 16.2. The molecule has 1 unspecified atom stereocenters. The first-order valence-corrected chi connectivity index (χ1v) is 7.95. The van der Waals surface area contributed by atoms with E-state index >= 15 is 0 Å². The monoisotopic (exact) mass is 324 g/mol. The van der Waals surface area contributed by atoms with Crippen LogP contribution in [0.15, 0.2) is 36.7 Å². The second kappa shape index (κ2) is 7.04. The zero-order valence-corrected chi connectivity index (χ0v) is 13.6. The molecule has 1 fully saturated rings. The summed E-state index contributed by atoms with van der Waals surface area (Å²) in [6.07, 6.45) is 5.79. The third-order valence-electron chi connectivity index (χ3n) is 4.06. The normalized spacial score (nSPS) is 17.2. The van der Waals surface area contributed by atoms with Gasteiger partial charge in [0.05, 0.1) is 23.5 Å². The van der Waals surface area contributed by atoms with Crippen molar-refractivity contribution in [3.8, 4) is 6.07 Å². The Morgan fingerprint density at radius 2 is 2.33 bits per heavy atom. The van der Waals surface area contributed by atoms with E-state index in [1.54, 1.807) is 28.9 Å². The number of anilines is 2. The number of aryl methyl sites for hydroxylation is 1. The van der Waals surface area contributed by atoms with Gasteiger partial charge in [-0.2, -0.15) is 10.4 Å². The van der Waals surface area contributed by atoms with Gasteiger partial charge in [-0.25, -0.2) is 4.79 Å². The van der Waals surface area contributed by atoms with Crippen molar-refractivity contribution in [3.05, 3.63) is 42.2 Å². The highest BCUT2D eigenvalue weighted by Gasteiger charge is 2.22. The highest BCUT2D eigenvalue weighted by Crippen LogP contribution is 2.19. The molecule has 0 radical (unpaired) electrons. The van der Waals surface area contributed by atoms with E-state index in [2.05, 4.69) is 26.7 Å². The number of rotatable bonds is 3. The van der Waals surface area contributed by atoms with Crippen molar-refractivity contribution in [1.82, 2.24) is 15.1 Å². The number of urea groups is 1. The lowest BCUT2D eigenvalue weighted by Crippen LogP contribution is -2.49. The van der Waals surface area contributed by atoms with Gasteiger partial charge < -0.3 is 15.5 Å². The fraction of sp³-hybridized carbons (Fsp3) is 0.353. The third kappa shape index (κ3) is 3.84. The molecule has 2 heterocycles. The minimum atomic E-state index is -0.247. The Morgan fingerprint density at radius 1 is 1.46 bits per heavy atom. The number of carbonyl (C=O) groups excluding carboxylic acids is 1. The van der Waals surface area contributed by atoms with Crippen molar-refractivity contribution in [1.29, 1.82) is 5.26 Å². The van der Waals surface area contributed by atoms with Crippen molar-refractivity contribution in [3.63, 3.8) is 0 Å². The molecule has 0 bridgehead atoms. The van der Waals surface area contributed by atoms with E-state index in [1.807, 2.05) is 19.4 Å². The van der Waals surface area contributed by atoms with Crippen molar-refractivity contribution in [2.45, 2.75) is 18.9 Å². The van der Waals surface area contributed by atoms with Crippen LogP contribution in [0.3, 0.4) is 0 Å². The highest BCUT2D eigenvalue weighted by molar-refractivity contribution is 5.89. The van der Waals surface area contributed by atoms with Gasteiger partial charge in [0.15, 0.2) is 0 Å². The molecule has 3 rings (SSSR count). The van der Waals surface area contributed by atoms with Crippen LogP contribution < -0.4 is 15.5 Å². The number of amides is 2. The smallest absolute Gasteiger partial charge is 0.319 e. The zero-order chi connectivity index (χ0) is 16.9. The fourth-order valence-corrected chi connectivity index (χ4v) is 2.92. The van der Waals surface area contributed by atoms with Gasteiger partial charge in [-0.05, 0) is 31.0 Å². The van der Waals surface area contributed by atoms with Gasteiger partial charge in [0.25, 0.3) is 0 Å². The fourth-order valence-electron chi connectivity index (χ4n) is 2.92. The molecule has 2 amide bonds. The van der Waals surface area contributed by atoms with Crippen LogP contribution in [0.2, 0.25) is 0 Å². The molecule has 1 aromatic carbocycles. The number of hydrogen-bond acceptors (Lipinski definition) is 4. The average molecular weight is 324 g/mol. The Labute approximate surface area is 140 Å². The summed E-state index contributed by atoms with van der Waals surface area (Å²) >= 11 is 0. The lowest BCUT2D eigenvalue weighted by atomic mass is 10.1. The number of nitrogens with one attached hydrogen (secondary N) is 2. The summed E-state index contributed by atoms with van der Waals surface area (Å²) < 4.78 is 1.78. The first-order chi connectivity index (χ1) is 11.6. The summed E-state index contributed by atoms with van der Waals surface area (Å²) in [6.45, 7) is 1.73. The minimum absolute atomic E-state index is 0.0816. The molecule has 0 aliphatic carbocycles. The van der Waals surface area contributed by atoms with Gasteiger partial charge in [-0.15, -0.1) is 0 Å². The van der Waals surface area contributed by atoms with Crippen molar-refractivity contribution < 1.29 is 4.79 Å². The SMILES string of the molecule is Cn1cc(N2CCCC(NC(=O)Nc3cccc(C#N)c3)C2)cn1. The van der Waals surface area contributed by atoms with Crippen LogP contribution in [0.5, 0.6) is 0 Å². The Morgan fingerprint density at radius 3 is 3.08 bits per heavy atom. The summed E-state index contributed by atoms with van der Waals surface area (Å²) in [5.41, 5.74) is 2.21. The summed E-state index contributed by atoms with van der Waals surface area (Å²) in [5, 5.41) is 18.9. The average Bonchev–Trinajstić information content (AvgIpc) is 3.02. The predicted octanol–water partition coefficient (Wildman–Crippen LogP) is 2.08. The van der Waals surface area contributed by atoms with Crippen LogP contribution in [-0.2, 0) is 7.05 Å². The molecule has 1 aromatic heterocycles. The number of carbonyl (C=O) groups is 1. The number of piperidine rings is 1. The van der Waals surface area contributed by atoms with Crippen LogP contribution in [0.1, 0.15) is 18.4 Å². The molecule has 0 spiro atoms. The van der Waals surface area contributed by atoms with E-state index < -0.39 is 0 Å². The first kappa shape index (κ1) is 15.9. The quantitative estimate of drug-likeness (QED) is 0.905. The summed E-state index contributed by atoms with van der Waals surface area (Å²) in [5.74, 6) is 0. The molecule has 2 N–H and O–H groups in total. The van der Waals surface area contributed by atoms with E-state index in [0.29, 0.717) is 11.3 Å². The Balaban J connectivity index is 1.57. The molecular formula is C17H20N6O. The molecule has 1 aliphatic heterocycles. The summed E-state index contributed by atoms with van der Waals surface area (Å²) in [7, 11) is 1.89. The molecule has 7 heteroatoms. The summed E-state index contributed by atoms with van der Waals surface area (Å²) in [6, 6.07) is 8.77. The number of benzene rings is 1. The number of nitriles is 1. The zero-order valence-electron chi connectivity index (χ0n) is 13.6. The van der Waals surface area contributed by atoms with E-state index in [1.165, 1.54) is 0 Å². The van der Waals surface area contributed by atoms with E-state index in [9.17, 15) is 4.79 Å². The third-order valence-corrected chi connectivity index (χ3v) is 4.06. The van der Waals surface area contributed by atoms with Crippen LogP contribution in [0.4, 0.5) is 16.2 Å². The van der Waals surface area contributed by atoms with Crippen LogP contribution in [0, 0.1) is 11.3 Å². The number of nitrogens with zero attached hydrogens (tertiary/aromatic N) is 4. The molecule has 24 heavy (non-hydrogen) atoms. The van der Waals surface area contributed by atoms with Crippen molar-refractivity contribution in [2.24, 2.45) is 7.05 Å². The van der Waals surface area contributed by atoms with Crippen molar-refractivity contribution >= 4 is 17.4 Å². The Bertz CT molecular complexity index is 762. The van der Waals surface area contributed by atoms with Gasteiger partial charge in [0.1, 0.15) is 0 Å². The van der Waals surface area contributed by atoms with Crippen LogP contribution in [0.25, 0.3) is 0 Å². The second-order valence-electron chi connectivity index (χ2n) is 5.95.